The van der Waals surface area contributed by atoms with Gasteiger partial charge in [0.05, 0.1) is 4.88 Å². The van der Waals surface area contributed by atoms with Crippen molar-refractivity contribution in [3.63, 3.8) is 0 Å². The number of aryl methyl sites for hydroxylation is 2. The third kappa shape index (κ3) is 2.56. The van der Waals surface area contributed by atoms with Crippen molar-refractivity contribution in [3.8, 4) is 0 Å². The molecule has 2 aromatic rings. The molecule has 0 aliphatic heterocycles. The first-order valence-electron chi connectivity index (χ1n) is 8.04. The first-order chi connectivity index (χ1) is 10.7. The van der Waals surface area contributed by atoms with Crippen LogP contribution in [0.5, 0.6) is 0 Å². The first kappa shape index (κ1) is 13.9. The van der Waals surface area contributed by atoms with Gasteiger partial charge in [0.1, 0.15) is 5.82 Å². The van der Waals surface area contributed by atoms with Crippen molar-refractivity contribution in [1.82, 2.24) is 14.8 Å². The minimum atomic E-state index is -0.0593. The summed E-state index contributed by atoms with van der Waals surface area (Å²) in [5.41, 5.74) is 1.37. The highest BCUT2D eigenvalue weighted by atomic mass is 32.1. The van der Waals surface area contributed by atoms with Crippen LogP contribution in [-0.4, -0.2) is 20.7 Å². The first-order valence-corrected chi connectivity index (χ1v) is 8.86. The molecule has 0 saturated heterocycles. The summed E-state index contributed by atoms with van der Waals surface area (Å²) in [5.74, 6) is 2.00. The smallest absolute Gasteiger partial charge is 0.268 e. The second-order valence-corrected chi connectivity index (χ2v) is 7.43. The third-order valence-corrected chi connectivity index (χ3v) is 5.78. The number of aromatic nitrogens is 3. The van der Waals surface area contributed by atoms with E-state index in [0.29, 0.717) is 11.9 Å². The Hall–Kier alpha value is -1.69. The Kier molecular flexibility index (Phi) is 3.48. The van der Waals surface area contributed by atoms with Crippen molar-refractivity contribution in [2.45, 2.75) is 50.9 Å². The van der Waals surface area contributed by atoms with Crippen LogP contribution in [-0.2, 0) is 19.9 Å². The van der Waals surface area contributed by atoms with Gasteiger partial charge in [-0.2, -0.15) is 0 Å². The SMILES string of the molecule is Cn1c(NC(=O)c2cc3c(s2)CCCCC3)nnc1C1CC1. The fraction of sp³-hybridized carbons (Fsp3) is 0.562. The molecule has 6 heteroatoms. The summed E-state index contributed by atoms with van der Waals surface area (Å²) in [7, 11) is 1.92. The standard InChI is InChI=1S/C16H20N4OS/c1-20-14(10-7-8-10)18-19-16(20)17-15(21)13-9-11-5-3-2-4-6-12(11)22-13/h9-10H,2-8H2,1H3,(H,17,19,21). The Bertz CT molecular complexity index is 690. The molecule has 1 saturated carbocycles. The Morgan fingerprint density at radius 1 is 1.27 bits per heavy atom. The molecule has 0 spiro atoms. The second-order valence-electron chi connectivity index (χ2n) is 6.29. The number of rotatable bonds is 3. The highest BCUT2D eigenvalue weighted by Crippen LogP contribution is 2.39. The number of carbonyl (C=O) groups excluding carboxylic acids is 1. The van der Waals surface area contributed by atoms with Crippen molar-refractivity contribution >= 4 is 23.2 Å². The molecule has 0 unspecified atom stereocenters. The predicted octanol–water partition coefficient (Wildman–Crippen LogP) is 3.28. The van der Waals surface area contributed by atoms with E-state index in [4.69, 9.17) is 0 Å². The zero-order valence-electron chi connectivity index (χ0n) is 12.8. The van der Waals surface area contributed by atoms with Gasteiger partial charge in [0.25, 0.3) is 5.91 Å². The van der Waals surface area contributed by atoms with E-state index in [-0.39, 0.29) is 5.91 Å². The van der Waals surface area contributed by atoms with Crippen LogP contribution in [0.15, 0.2) is 6.07 Å². The minimum absolute atomic E-state index is 0.0593. The molecule has 2 aliphatic rings. The number of thiophene rings is 1. The lowest BCUT2D eigenvalue weighted by Crippen LogP contribution is -2.14. The molecule has 0 atom stereocenters. The van der Waals surface area contributed by atoms with Crippen LogP contribution in [0.4, 0.5) is 5.95 Å². The maximum absolute atomic E-state index is 12.5. The van der Waals surface area contributed by atoms with E-state index >= 15 is 0 Å². The van der Waals surface area contributed by atoms with E-state index in [0.717, 1.165) is 23.5 Å². The summed E-state index contributed by atoms with van der Waals surface area (Å²) >= 11 is 1.64. The van der Waals surface area contributed by atoms with Crippen LogP contribution >= 0.6 is 11.3 Å². The van der Waals surface area contributed by atoms with E-state index in [1.54, 1.807) is 11.3 Å². The van der Waals surface area contributed by atoms with Gasteiger partial charge in [0, 0.05) is 17.8 Å². The number of nitrogens with one attached hydrogen (secondary N) is 1. The van der Waals surface area contributed by atoms with Gasteiger partial charge in [-0.05, 0) is 50.2 Å². The summed E-state index contributed by atoms with van der Waals surface area (Å²) in [4.78, 5) is 14.7. The van der Waals surface area contributed by atoms with Crippen molar-refractivity contribution in [2.24, 2.45) is 7.05 Å². The average Bonchev–Trinajstić information content (AvgIpc) is 3.23. The fourth-order valence-electron chi connectivity index (χ4n) is 3.09. The molecule has 1 N–H and O–H groups in total. The predicted molar refractivity (Wildman–Crippen MR) is 86.5 cm³/mol. The van der Waals surface area contributed by atoms with Crippen molar-refractivity contribution in [1.29, 1.82) is 0 Å². The van der Waals surface area contributed by atoms with E-state index in [9.17, 15) is 4.79 Å². The van der Waals surface area contributed by atoms with Crippen LogP contribution in [0.2, 0.25) is 0 Å². The third-order valence-electron chi connectivity index (χ3n) is 4.55. The summed E-state index contributed by atoms with van der Waals surface area (Å²) in [6.45, 7) is 0. The van der Waals surface area contributed by atoms with Crippen LogP contribution in [0.25, 0.3) is 0 Å². The Morgan fingerprint density at radius 2 is 2.09 bits per heavy atom. The number of fused-ring (bicyclic) bond motifs is 1. The maximum atomic E-state index is 12.5. The number of anilines is 1. The van der Waals surface area contributed by atoms with Gasteiger partial charge in [-0.25, -0.2) is 0 Å². The number of carbonyl (C=O) groups is 1. The topological polar surface area (TPSA) is 59.8 Å². The lowest BCUT2D eigenvalue weighted by molar-refractivity contribution is 0.102. The van der Waals surface area contributed by atoms with Gasteiger partial charge in [-0.15, -0.1) is 21.5 Å². The zero-order chi connectivity index (χ0) is 15.1. The minimum Gasteiger partial charge on any atom is -0.300 e. The maximum Gasteiger partial charge on any atom is 0.268 e. The molecule has 0 aromatic carbocycles. The van der Waals surface area contributed by atoms with Crippen molar-refractivity contribution in [2.75, 3.05) is 5.32 Å². The van der Waals surface area contributed by atoms with Crippen molar-refractivity contribution < 1.29 is 4.79 Å². The molecule has 5 nitrogen and oxygen atoms in total. The van der Waals surface area contributed by atoms with E-state index in [2.05, 4.69) is 21.6 Å². The molecule has 22 heavy (non-hydrogen) atoms. The summed E-state index contributed by atoms with van der Waals surface area (Å²) < 4.78 is 1.91. The van der Waals surface area contributed by atoms with Gasteiger partial charge in [0.2, 0.25) is 5.95 Å². The average molecular weight is 316 g/mol. The monoisotopic (exact) mass is 316 g/mol. The Balaban J connectivity index is 1.52. The molecular formula is C16H20N4OS. The highest BCUT2D eigenvalue weighted by Gasteiger charge is 2.29. The molecule has 0 bridgehead atoms. The molecular weight excluding hydrogens is 296 g/mol. The second kappa shape index (κ2) is 5.50. The molecule has 1 amide bonds. The van der Waals surface area contributed by atoms with Crippen LogP contribution in [0, 0.1) is 0 Å². The lowest BCUT2D eigenvalue weighted by Gasteiger charge is -2.04. The number of hydrogen-bond acceptors (Lipinski definition) is 4. The normalized spacial score (nSPS) is 17.9. The number of amides is 1. The van der Waals surface area contributed by atoms with Crippen LogP contribution in [0.3, 0.4) is 0 Å². The summed E-state index contributed by atoms with van der Waals surface area (Å²) in [5, 5.41) is 11.2. The van der Waals surface area contributed by atoms with Gasteiger partial charge in [-0.3, -0.25) is 14.7 Å². The molecule has 1 fully saturated rings. The summed E-state index contributed by atoms with van der Waals surface area (Å²) in [6, 6.07) is 2.07. The number of hydrogen-bond donors (Lipinski definition) is 1. The Morgan fingerprint density at radius 3 is 2.91 bits per heavy atom. The molecule has 4 rings (SSSR count). The Labute approximate surface area is 133 Å². The van der Waals surface area contributed by atoms with Gasteiger partial charge in [0.15, 0.2) is 0 Å². The summed E-state index contributed by atoms with van der Waals surface area (Å²) in [6.07, 6.45) is 8.35. The van der Waals surface area contributed by atoms with Crippen LogP contribution in [0.1, 0.15) is 64.0 Å². The van der Waals surface area contributed by atoms with E-state index < -0.39 is 0 Å². The largest absolute Gasteiger partial charge is 0.300 e. The fourth-order valence-corrected chi connectivity index (χ4v) is 4.24. The quantitative estimate of drug-likeness (QED) is 0.884. The molecule has 0 radical (unpaired) electrons. The van der Waals surface area contributed by atoms with E-state index in [1.165, 1.54) is 42.5 Å². The van der Waals surface area contributed by atoms with E-state index in [1.807, 2.05) is 11.6 Å². The zero-order valence-corrected chi connectivity index (χ0v) is 13.6. The van der Waals surface area contributed by atoms with Gasteiger partial charge >= 0.3 is 0 Å². The molecule has 2 aromatic heterocycles. The van der Waals surface area contributed by atoms with Gasteiger partial charge in [-0.1, -0.05) is 6.42 Å². The van der Waals surface area contributed by atoms with Crippen LogP contribution < -0.4 is 5.32 Å². The van der Waals surface area contributed by atoms with Crippen molar-refractivity contribution in [3.05, 3.63) is 27.2 Å². The molecule has 2 aliphatic carbocycles. The molecule has 2 heterocycles. The van der Waals surface area contributed by atoms with Gasteiger partial charge < -0.3 is 0 Å². The molecule has 116 valence electrons. The highest BCUT2D eigenvalue weighted by molar-refractivity contribution is 7.14. The lowest BCUT2D eigenvalue weighted by atomic mass is 10.1. The number of nitrogens with zero attached hydrogens (tertiary/aromatic N) is 3.